The summed E-state index contributed by atoms with van der Waals surface area (Å²) in [6.07, 6.45) is 1.15. The van der Waals surface area contributed by atoms with Gasteiger partial charge in [-0.15, -0.1) is 11.6 Å². The maximum absolute atomic E-state index is 8.24. The second-order valence-electron chi connectivity index (χ2n) is 1.67. The van der Waals surface area contributed by atoms with Gasteiger partial charge in [-0.25, -0.2) is 0 Å². The molecule has 0 saturated carbocycles. The van der Waals surface area contributed by atoms with E-state index in [2.05, 4.69) is 6.92 Å². The minimum absolute atomic E-state index is 0.304. The molecule has 1 unspecified atom stereocenters. The first-order valence-electron chi connectivity index (χ1n) is 2.92. The first kappa shape index (κ1) is 9.13. The van der Waals surface area contributed by atoms with E-state index < -0.39 is 0 Å². The van der Waals surface area contributed by atoms with Crippen LogP contribution in [0.2, 0.25) is 0 Å². The monoisotopic (exact) mass is 163 g/mol. The Labute approximate surface area is 65.4 Å². The molecule has 1 nitrogen and oxygen atoms in total. The molecule has 0 aromatic rings. The third-order valence-electron chi connectivity index (χ3n) is 0.753. The first-order chi connectivity index (χ1) is 4.31. The Balaban J connectivity index is 2.99. The Morgan fingerprint density at radius 2 is 2.44 bits per heavy atom. The van der Waals surface area contributed by atoms with Crippen LogP contribution >= 0.6 is 23.4 Å². The van der Waals surface area contributed by atoms with Crippen molar-refractivity contribution in [3.8, 4) is 6.07 Å². The van der Waals surface area contributed by atoms with Crippen molar-refractivity contribution < 1.29 is 0 Å². The topological polar surface area (TPSA) is 23.8 Å². The number of nitrogens with zero attached hydrogens (tertiary/aromatic N) is 1. The molecule has 0 radical (unpaired) electrons. The summed E-state index contributed by atoms with van der Waals surface area (Å²) in [7, 11) is 0. The first-order valence-corrected chi connectivity index (χ1v) is 4.51. The molecule has 52 valence electrons. The van der Waals surface area contributed by atoms with Crippen molar-refractivity contribution in [1.82, 2.24) is 0 Å². The van der Waals surface area contributed by atoms with Gasteiger partial charge in [-0.1, -0.05) is 6.92 Å². The average Bonchev–Trinajstić information content (AvgIpc) is 1.89. The highest BCUT2D eigenvalue weighted by molar-refractivity contribution is 7.99. The van der Waals surface area contributed by atoms with Crippen molar-refractivity contribution in [2.75, 3.05) is 11.5 Å². The summed E-state index contributed by atoms with van der Waals surface area (Å²) in [4.78, 5) is 0. The highest BCUT2D eigenvalue weighted by Crippen LogP contribution is 2.07. The van der Waals surface area contributed by atoms with Crippen LogP contribution in [-0.2, 0) is 0 Å². The summed E-state index contributed by atoms with van der Waals surface area (Å²) in [6, 6.07) is 1.97. The Morgan fingerprint density at radius 1 is 1.78 bits per heavy atom. The molecule has 0 aliphatic rings. The fourth-order valence-electron chi connectivity index (χ4n) is 0.368. The lowest BCUT2D eigenvalue weighted by atomic mass is 10.5. The van der Waals surface area contributed by atoms with Crippen LogP contribution in [0.15, 0.2) is 0 Å². The fourth-order valence-corrected chi connectivity index (χ4v) is 1.37. The van der Waals surface area contributed by atoms with E-state index in [0.29, 0.717) is 0 Å². The molecule has 0 rings (SSSR count). The maximum atomic E-state index is 8.24. The zero-order valence-corrected chi connectivity index (χ0v) is 7.00. The number of alkyl halides is 1. The van der Waals surface area contributed by atoms with Crippen LogP contribution in [-0.4, -0.2) is 16.9 Å². The van der Waals surface area contributed by atoms with E-state index in [4.69, 9.17) is 16.9 Å². The molecule has 0 amide bonds. The van der Waals surface area contributed by atoms with Crippen LogP contribution in [0.25, 0.3) is 0 Å². The largest absolute Gasteiger partial charge is 0.197 e. The van der Waals surface area contributed by atoms with Crippen LogP contribution in [0.4, 0.5) is 0 Å². The lowest BCUT2D eigenvalue weighted by Gasteiger charge is -1.96. The van der Waals surface area contributed by atoms with E-state index in [1.807, 2.05) is 6.07 Å². The zero-order chi connectivity index (χ0) is 7.11. The van der Waals surface area contributed by atoms with Crippen LogP contribution in [0.1, 0.15) is 13.3 Å². The third kappa shape index (κ3) is 6.01. The summed E-state index contributed by atoms with van der Waals surface area (Å²) in [6.45, 7) is 2.11. The number of rotatable bonds is 4. The maximum Gasteiger partial charge on any atom is 0.129 e. The Bertz CT molecular complexity index is 99.7. The predicted molar refractivity (Wildman–Crippen MR) is 42.9 cm³/mol. The van der Waals surface area contributed by atoms with Gasteiger partial charge < -0.3 is 0 Å². The molecule has 0 aromatic heterocycles. The van der Waals surface area contributed by atoms with Crippen molar-refractivity contribution >= 4 is 23.4 Å². The highest BCUT2D eigenvalue weighted by Gasteiger charge is 1.99. The summed E-state index contributed by atoms with van der Waals surface area (Å²) in [5, 5.41) is 7.93. The molecule has 0 bridgehead atoms. The van der Waals surface area contributed by atoms with Gasteiger partial charge in [0, 0.05) is 5.75 Å². The van der Waals surface area contributed by atoms with E-state index in [-0.39, 0.29) is 5.38 Å². The number of halogens is 1. The molecule has 0 aromatic carbocycles. The second-order valence-corrected chi connectivity index (χ2v) is 3.35. The van der Waals surface area contributed by atoms with Gasteiger partial charge in [0.05, 0.1) is 6.07 Å². The van der Waals surface area contributed by atoms with Gasteiger partial charge in [-0.2, -0.15) is 17.0 Å². The Kier molecular flexibility index (Phi) is 6.34. The summed E-state index contributed by atoms with van der Waals surface area (Å²) in [5.74, 6) is 1.86. The number of hydrogen-bond donors (Lipinski definition) is 0. The predicted octanol–water partition coefficient (Wildman–Crippen LogP) is 2.26. The Morgan fingerprint density at radius 3 is 2.89 bits per heavy atom. The molecule has 0 fully saturated rings. The van der Waals surface area contributed by atoms with Crippen molar-refractivity contribution in [1.29, 1.82) is 5.26 Å². The molecule has 0 aliphatic heterocycles. The van der Waals surface area contributed by atoms with Crippen LogP contribution < -0.4 is 0 Å². The van der Waals surface area contributed by atoms with Crippen molar-refractivity contribution in [2.45, 2.75) is 18.7 Å². The van der Waals surface area contributed by atoms with Crippen LogP contribution in [0.3, 0.4) is 0 Å². The van der Waals surface area contributed by atoms with Gasteiger partial charge in [0.1, 0.15) is 5.38 Å². The molecule has 0 aliphatic carbocycles. The van der Waals surface area contributed by atoms with Gasteiger partial charge in [0.2, 0.25) is 0 Å². The second kappa shape index (κ2) is 6.25. The molecule has 0 saturated heterocycles. The lowest BCUT2D eigenvalue weighted by molar-refractivity contribution is 1.10. The molecule has 1 atom stereocenters. The molecule has 0 heterocycles. The van der Waals surface area contributed by atoms with Gasteiger partial charge in [-0.3, -0.25) is 0 Å². The van der Waals surface area contributed by atoms with Crippen molar-refractivity contribution in [3.05, 3.63) is 0 Å². The van der Waals surface area contributed by atoms with Crippen molar-refractivity contribution in [2.24, 2.45) is 0 Å². The quantitative estimate of drug-likeness (QED) is 0.469. The van der Waals surface area contributed by atoms with E-state index >= 15 is 0 Å². The van der Waals surface area contributed by atoms with Crippen molar-refractivity contribution in [3.63, 3.8) is 0 Å². The van der Waals surface area contributed by atoms with E-state index in [1.165, 1.54) is 0 Å². The molecule has 3 heteroatoms. The van der Waals surface area contributed by atoms with E-state index in [1.54, 1.807) is 11.8 Å². The molecule has 9 heavy (non-hydrogen) atoms. The minimum Gasteiger partial charge on any atom is -0.197 e. The minimum atomic E-state index is -0.304. The normalized spacial score (nSPS) is 12.6. The smallest absolute Gasteiger partial charge is 0.129 e. The summed E-state index contributed by atoms with van der Waals surface area (Å²) < 4.78 is 0. The van der Waals surface area contributed by atoms with Crippen LogP contribution in [0.5, 0.6) is 0 Å². The van der Waals surface area contributed by atoms with Gasteiger partial charge in [0.25, 0.3) is 0 Å². The SMILES string of the molecule is CCCSCC(Cl)C#N. The molecule has 0 N–H and O–H groups in total. The Hall–Kier alpha value is 0.130. The third-order valence-corrected chi connectivity index (χ3v) is 2.45. The van der Waals surface area contributed by atoms with E-state index in [0.717, 1.165) is 17.9 Å². The molecular weight excluding hydrogens is 154 g/mol. The number of hydrogen-bond acceptors (Lipinski definition) is 2. The van der Waals surface area contributed by atoms with Gasteiger partial charge in [-0.05, 0) is 12.2 Å². The van der Waals surface area contributed by atoms with Gasteiger partial charge in [0.15, 0.2) is 0 Å². The number of thioether (sulfide) groups is 1. The standard InChI is InChI=1S/C6H10ClNS/c1-2-3-9-5-6(7)4-8/h6H,2-3,5H2,1H3. The number of nitriles is 1. The zero-order valence-electron chi connectivity index (χ0n) is 5.43. The van der Waals surface area contributed by atoms with Gasteiger partial charge >= 0.3 is 0 Å². The lowest BCUT2D eigenvalue weighted by Crippen LogP contribution is -1.97. The van der Waals surface area contributed by atoms with Crippen LogP contribution in [0, 0.1) is 11.3 Å². The summed E-state index contributed by atoms with van der Waals surface area (Å²) >= 11 is 7.25. The molecular formula is C6H10ClNS. The fraction of sp³-hybridized carbons (Fsp3) is 0.833. The molecule has 0 spiro atoms. The average molecular weight is 164 g/mol. The highest BCUT2D eigenvalue weighted by atomic mass is 35.5. The van der Waals surface area contributed by atoms with E-state index in [9.17, 15) is 0 Å². The summed E-state index contributed by atoms with van der Waals surface area (Å²) in [5.41, 5.74) is 0.